The number of aromatic nitrogens is 1. The van der Waals surface area contributed by atoms with E-state index in [-0.39, 0.29) is 6.04 Å². The van der Waals surface area contributed by atoms with Crippen LogP contribution in [-0.4, -0.2) is 18.6 Å². The highest BCUT2D eigenvalue weighted by atomic mass is 35.5. The molecule has 1 heterocycles. The lowest BCUT2D eigenvalue weighted by Crippen LogP contribution is -2.23. The number of methoxy groups -OCH3 is 1. The van der Waals surface area contributed by atoms with Crippen LogP contribution in [0.5, 0.6) is 5.75 Å². The molecule has 4 heteroatoms. The summed E-state index contributed by atoms with van der Waals surface area (Å²) in [6.07, 6.45) is 4.58. The summed E-state index contributed by atoms with van der Waals surface area (Å²) < 4.78 is 5.42. The maximum absolute atomic E-state index is 6.11. The van der Waals surface area contributed by atoms with Crippen LogP contribution in [0.2, 0.25) is 5.02 Å². The van der Waals surface area contributed by atoms with Crippen LogP contribution in [0.25, 0.3) is 0 Å². The Morgan fingerprint density at radius 3 is 2.90 bits per heavy atom. The van der Waals surface area contributed by atoms with Gasteiger partial charge in [0, 0.05) is 16.8 Å². The van der Waals surface area contributed by atoms with E-state index in [0.29, 0.717) is 0 Å². The quantitative estimate of drug-likeness (QED) is 0.878. The van der Waals surface area contributed by atoms with Gasteiger partial charge in [-0.3, -0.25) is 4.98 Å². The maximum Gasteiger partial charge on any atom is 0.142 e. The summed E-state index contributed by atoms with van der Waals surface area (Å²) in [4.78, 5) is 4.11. The number of ether oxygens (including phenoxy) is 1. The largest absolute Gasteiger partial charge is 0.495 e. The Morgan fingerprint density at radius 2 is 2.20 bits per heavy atom. The summed E-state index contributed by atoms with van der Waals surface area (Å²) in [5, 5.41) is 4.27. The minimum Gasteiger partial charge on any atom is -0.495 e. The van der Waals surface area contributed by atoms with Crippen molar-refractivity contribution in [1.82, 2.24) is 10.3 Å². The molecule has 0 fully saturated rings. The molecule has 1 aromatic carbocycles. The summed E-state index contributed by atoms with van der Waals surface area (Å²) >= 11 is 6.11. The molecule has 0 aliphatic carbocycles. The first-order valence-corrected chi connectivity index (χ1v) is 7.10. The molecule has 1 unspecified atom stereocenters. The minimum atomic E-state index is 0.0478. The number of nitrogens with zero attached hydrogens (tertiary/aromatic N) is 1. The van der Waals surface area contributed by atoms with Gasteiger partial charge in [0.15, 0.2) is 0 Å². The molecular weight excluding hydrogens is 272 g/mol. The Hall–Kier alpha value is -1.58. The highest BCUT2D eigenvalue weighted by Crippen LogP contribution is 2.30. The van der Waals surface area contributed by atoms with Gasteiger partial charge in [-0.1, -0.05) is 30.7 Å². The third-order valence-corrected chi connectivity index (χ3v) is 3.36. The van der Waals surface area contributed by atoms with Gasteiger partial charge in [0.2, 0.25) is 0 Å². The number of pyridine rings is 1. The van der Waals surface area contributed by atoms with Gasteiger partial charge in [0.05, 0.1) is 19.3 Å². The lowest BCUT2D eigenvalue weighted by molar-refractivity contribution is 0.402. The van der Waals surface area contributed by atoms with Crippen LogP contribution >= 0.6 is 11.6 Å². The van der Waals surface area contributed by atoms with E-state index in [1.807, 2.05) is 24.3 Å². The zero-order chi connectivity index (χ0) is 14.4. The third-order valence-electron chi connectivity index (χ3n) is 3.13. The average Bonchev–Trinajstić information content (AvgIpc) is 2.48. The summed E-state index contributed by atoms with van der Waals surface area (Å²) in [5.74, 6) is 0.779. The van der Waals surface area contributed by atoms with Gasteiger partial charge in [0.25, 0.3) is 0 Å². The Bertz CT molecular complexity index is 560. The van der Waals surface area contributed by atoms with E-state index in [0.717, 1.165) is 34.9 Å². The second-order valence-corrected chi connectivity index (χ2v) is 5.00. The van der Waals surface area contributed by atoms with Gasteiger partial charge in [-0.25, -0.2) is 0 Å². The van der Waals surface area contributed by atoms with Gasteiger partial charge >= 0.3 is 0 Å². The van der Waals surface area contributed by atoms with Crippen molar-refractivity contribution in [3.05, 3.63) is 58.9 Å². The molecule has 106 valence electrons. The molecule has 2 rings (SSSR count). The van der Waals surface area contributed by atoms with Crippen molar-refractivity contribution < 1.29 is 4.74 Å². The molecule has 0 amide bonds. The Labute approximate surface area is 124 Å². The molecule has 0 aliphatic rings. The molecule has 0 spiro atoms. The lowest BCUT2D eigenvalue weighted by atomic mass is 9.98. The van der Waals surface area contributed by atoms with Crippen LogP contribution < -0.4 is 10.1 Å². The topological polar surface area (TPSA) is 34.2 Å². The highest BCUT2D eigenvalue weighted by molar-refractivity contribution is 6.30. The molecule has 3 nitrogen and oxygen atoms in total. The fourth-order valence-corrected chi connectivity index (χ4v) is 2.38. The zero-order valence-corrected chi connectivity index (χ0v) is 12.5. The SMILES string of the molecule is CCCNC(c1cccc(Cl)c1)c1ccncc1OC. The summed E-state index contributed by atoms with van der Waals surface area (Å²) in [5.41, 5.74) is 2.19. The molecule has 0 saturated heterocycles. The van der Waals surface area contributed by atoms with E-state index in [1.165, 1.54) is 0 Å². The van der Waals surface area contributed by atoms with Gasteiger partial charge in [-0.05, 0) is 36.7 Å². The van der Waals surface area contributed by atoms with Crippen molar-refractivity contribution in [2.45, 2.75) is 19.4 Å². The van der Waals surface area contributed by atoms with E-state index in [9.17, 15) is 0 Å². The van der Waals surface area contributed by atoms with Crippen molar-refractivity contribution in [3.63, 3.8) is 0 Å². The monoisotopic (exact) mass is 290 g/mol. The smallest absolute Gasteiger partial charge is 0.142 e. The molecule has 20 heavy (non-hydrogen) atoms. The van der Waals surface area contributed by atoms with Gasteiger partial charge < -0.3 is 10.1 Å². The van der Waals surface area contributed by atoms with Crippen molar-refractivity contribution in [1.29, 1.82) is 0 Å². The van der Waals surface area contributed by atoms with E-state index in [4.69, 9.17) is 16.3 Å². The second-order valence-electron chi connectivity index (χ2n) is 4.56. The van der Waals surface area contributed by atoms with Crippen LogP contribution in [0, 0.1) is 0 Å². The lowest BCUT2D eigenvalue weighted by Gasteiger charge is -2.21. The molecule has 2 aromatic rings. The molecule has 0 bridgehead atoms. The molecule has 1 atom stereocenters. The molecule has 0 saturated carbocycles. The number of halogens is 1. The summed E-state index contributed by atoms with van der Waals surface area (Å²) in [6.45, 7) is 3.06. The Kier molecular flexibility index (Phi) is 5.39. The van der Waals surface area contributed by atoms with Crippen molar-refractivity contribution in [3.8, 4) is 5.75 Å². The second kappa shape index (κ2) is 7.27. The maximum atomic E-state index is 6.11. The third kappa shape index (κ3) is 3.50. The van der Waals surface area contributed by atoms with Crippen LogP contribution in [0.15, 0.2) is 42.7 Å². The molecule has 1 N–H and O–H groups in total. The van der Waals surface area contributed by atoms with Crippen LogP contribution in [0.1, 0.15) is 30.5 Å². The van der Waals surface area contributed by atoms with E-state index in [1.54, 1.807) is 19.5 Å². The molecule has 0 radical (unpaired) electrons. The standard InChI is InChI=1S/C16H19ClN2O/c1-3-8-19-16(12-5-4-6-13(17)10-12)14-7-9-18-11-15(14)20-2/h4-7,9-11,16,19H,3,8H2,1-2H3. The van der Waals surface area contributed by atoms with Crippen LogP contribution in [0.4, 0.5) is 0 Å². The number of rotatable bonds is 6. The summed E-state index contributed by atoms with van der Waals surface area (Å²) in [6, 6.07) is 9.92. The summed E-state index contributed by atoms with van der Waals surface area (Å²) in [7, 11) is 1.66. The molecule has 0 aliphatic heterocycles. The van der Waals surface area contributed by atoms with Gasteiger partial charge in [-0.2, -0.15) is 0 Å². The highest BCUT2D eigenvalue weighted by Gasteiger charge is 2.17. The van der Waals surface area contributed by atoms with Crippen LogP contribution in [0.3, 0.4) is 0 Å². The first-order chi connectivity index (χ1) is 9.76. The average molecular weight is 291 g/mol. The van der Waals surface area contributed by atoms with E-state index < -0.39 is 0 Å². The van der Waals surface area contributed by atoms with Crippen molar-refractivity contribution in [2.24, 2.45) is 0 Å². The fourth-order valence-electron chi connectivity index (χ4n) is 2.18. The number of hydrogen-bond donors (Lipinski definition) is 1. The number of hydrogen-bond acceptors (Lipinski definition) is 3. The predicted octanol–water partition coefficient (Wildman–Crippen LogP) is 3.83. The van der Waals surface area contributed by atoms with Gasteiger partial charge in [-0.15, -0.1) is 0 Å². The Balaban J connectivity index is 2.41. The molecule has 1 aromatic heterocycles. The fraction of sp³-hybridized carbons (Fsp3) is 0.312. The molecular formula is C16H19ClN2O. The minimum absolute atomic E-state index is 0.0478. The van der Waals surface area contributed by atoms with E-state index >= 15 is 0 Å². The predicted molar refractivity (Wildman–Crippen MR) is 82.4 cm³/mol. The van der Waals surface area contributed by atoms with Crippen molar-refractivity contribution in [2.75, 3.05) is 13.7 Å². The van der Waals surface area contributed by atoms with E-state index in [2.05, 4.69) is 23.3 Å². The normalized spacial score (nSPS) is 12.2. The zero-order valence-electron chi connectivity index (χ0n) is 11.8. The van der Waals surface area contributed by atoms with Crippen LogP contribution in [-0.2, 0) is 0 Å². The van der Waals surface area contributed by atoms with Gasteiger partial charge in [0.1, 0.15) is 5.75 Å². The first-order valence-electron chi connectivity index (χ1n) is 6.73. The Morgan fingerprint density at radius 1 is 1.35 bits per heavy atom. The van der Waals surface area contributed by atoms with Crippen molar-refractivity contribution >= 4 is 11.6 Å². The first kappa shape index (κ1) is 14.8. The number of nitrogens with one attached hydrogen (secondary N) is 1. The number of benzene rings is 1.